The van der Waals surface area contributed by atoms with Gasteiger partial charge in [0, 0.05) is 11.1 Å². The Morgan fingerprint density at radius 2 is 2.00 bits per heavy atom. The Morgan fingerprint density at radius 3 is 2.61 bits per heavy atom. The fourth-order valence-electron chi connectivity index (χ4n) is 2.80. The molecule has 2 nitrogen and oxygen atoms in total. The van der Waals surface area contributed by atoms with E-state index < -0.39 is 0 Å². The lowest BCUT2D eigenvalue weighted by atomic mass is 9.83. The molecule has 0 radical (unpaired) electrons. The molecule has 0 amide bonds. The maximum Gasteiger partial charge on any atom is 0.136 e. The topological polar surface area (TPSA) is 35.2 Å². The van der Waals surface area contributed by atoms with Crippen LogP contribution in [0.2, 0.25) is 0 Å². The average Bonchev–Trinajstić information content (AvgIpc) is 2.27. The summed E-state index contributed by atoms with van der Waals surface area (Å²) < 4.78 is 6.65. The van der Waals surface area contributed by atoms with Crippen molar-refractivity contribution >= 4 is 15.9 Å². The third kappa shape index (κ3) is 2.89. The molecule has 1 aromatic rings. The van der Waals surface area contributed by atoms with E-state index in [0.29, 0.717) is 0 Å². The predicted molar refractivity (Wildman–Crippen MR) is 79.3 cm³/mol. The van der Waals surface area contributed by atoms with Gasteiger partial charge in [0.25, 0.3) is 0 Å². The highest BCUT2D eigenvalue weighted by atomic mass is 79.9. The summed E-state index contributed by atoms with van der Waals surface area (Å²) in [6.45, 7) is 4.14. The minimum atomic E-state index is -0.209. The zero-order valence-corrected chi connectivity index (χ0v) is 13.1. The summed E-state index contributed by atoms with van der Waals surface area (Å²) in [5.74, 6) is 0.967. The lowest BCUT2D eigenvalue weighted by molar-refractivity contribution is 0.397. The van der Waals surface area contributed by atoms with Crippen LogP contribution in [0.15, 0.2) is 10.5 Å². The third-order valence-corrected chi connectivity index (χ3v) is 4.09. The minimum absolute atomic E-state index is 0.209. The summed E-state index contributed by atoms with van der Waals surface area (Å²) in [5.41, 5.74) is 10.2. The molecule has 0 spiro atoms. The second-order valence-electron chi connectivity index (χ2n) is 5.88. The molecule has 2 N–H and O–H groups in total. The average molecular weight is 312 g/mol. The first kappa shape index (κ1) is 13.9. The van der Waals surface area contributed by atoms with Crippen LogP contribution in [0.4, 0.5) is 0 Å². The van der Waals surface area contributed by atoms with E-state index in [2.05, 4.69) is 35.8 Å². The van der Waals surface area contributed by atoms with Crippen molar-refractivity contribution in [2.24, 2.45) is 5.73 Å². The second-order valence-corrected chi connectivity index (χ2v) is 6.73. The van der Waals surface area contributed by atoms with Crippen LogP contribution in [0.3, 0.4) is 0 Å². The van der Waals surface area contributed by atoms with Gasteiger partial charge in [-0.25, -0.2) is 0 Å². The van der Waals surface area contributed by atoms with Crippen LogP contribution in [0.1, 0.15) is 43.4 Å². The first-order valence-corrected chi connectivity index (χ1v) is 7.37. The molecule has 0 bridgehead atoms. The van der Waals surface area contributed by atoms with E-state index in [1.165, 1.54) is 36.0 Å². The summed E-state index contributed by atoms with van der Waals surface area (Å²) in [6.07, 6.45) is 5.76. The number of hydrogen-bond acceptors (Lipinski definition) is 2. The van der Waals surface area contributed by atoms with Gasteiger partial charge in [0.15, 0.2) is 0 Å². The van der Waals surface area contributed by atoms with Gasteiger partial charge >= 0.3 is 0 Å². The standard InChI is InChI=1S/C15H22BrNO/c1-15(2,17)9-12-11-7-5-4-6-10(11)8-13(16)14(12)18-3/h8H,4-7,9,17H2,1-3H3. The monoisotopic (exact) mass is 311 g/mol. The van der Waals surface area contributed by atoms with Crippen LogP contribution in [-0.4, -0.2) is 12.6 Å². The zero-order chi connectivity index (χ0) is 13.3. The molecule has 0 aliphatic heterocycles. The van der Waals surface area contributed by atoms with Crippen LogP contribution in [-0.2, 0) is 19.3 Å². The number of ether oxygens (including phenoxy) is 1. The molecule has 3 heteroatoms. The molecular weight excluding hydrogens is 290 g/mol. The van der Waals surface area contributed by atoms with Gasteiger partial charge in [-0.2, -0.15) is 0 Å². The predicted octanol–water partition coefficient (Wildman–Crippen LogP) is 3.62. The summed E-state index contributed by atoms with van der Waals surface area (Å²) in [6, 6.07) is 2.22. The van der Waals surface area contributed by atoms with E-state index in [-0.39, 0.29) is 5.54 Å². The van der Waals surface area contributed by atoms with E-state index in [0.717, 1.165) is 23.1 Å². The van der Waals surface area contributed by atoms with Crippen LogP contribution < -0.4 is 10.5 Å². The highest BCUT2D eigenvalue weighted by Gasteiger charge is 2.23. The van der Waals surface area contributed by atoms with E-state index >= 15 is 0 Å². The van der Waals surface area contributed by atoms with Crippen molar-refractivity contribution in [3.8, 4) is 5.75 Å². The molecule has 0 atom stereocenters. The third-order valence-electron chi connectivity index (χ3n) is 3.50. The van der Waals surface area contributed by atoms with Gasteiger partial charge in [0.2, 0.25) is 0 Å². The Hall–Kier alpha value is -0.540. The van der Waals surface area contributed by atoms with Crippen molar-refractivity contribution in [3.05, 3.63) is 27.2 Å². The fraction of sp³-hybridized carbons (Fsp3) is 0.600. The molecule has 100 valence electrons. The molecule has 18 heavy (non-hydrogen) atoms. The van der Waals surface area contributed by atoms with Gasteiger partial charge in [-0.15, -0.1) is 0 Å². The van der Waals surface area contributed by atoms with E-state index in [1.54, 1.807) is 7.11 Å². The fourth-order valence-corrected chi connectivity index (χ4v) is 3.47. The van der Waals surface area contributed by atoms with Crippen molar-refractivity contribution in [3.63, 3.8) is 0 Å². The number of rotatable bonds is 3. The van der Waals surface area contributed by atoms with Gasteiger partial charge in [0.05, 0.1) is 11.6 Å². The smallest absolute Gasteiger partial charge is 0.136 e. The van der Waals surface area contributed by atoms with Crippen molar-refractivity contribution in [2.45, 2.75) is 51.5 Å². The molecule has 1 aliphatic rings. The Kier molecular flexibility index (Phi) is 4.02. The zero-order valence-electron chi connectivity index (χ0n) is 11.5. The molecule has 0 fully saturated rings. The van der Waals surface area contributed by atoms with Crippen molar-refractivity contribution in [1.29, 1.82) is 0 Å². The van der Waals surface area contributed by atoms with Gasteiger partial charge in [0.1, 0.15) is 5.75 Å². The Labute approximate surface area is 118 Å². The number of methoxy groups -OCH3 is 1. The Morgan fingerprint density at radius 1 is 1.33 bits per heavy atom. The SMILES string of the molecule is COc1c(Br)cc2c(c1CC(C)(C)N)CCCC2. The number of halogens is 1. The lowest BCUT2D eigenvalue weighted by Crippen LogP contribution is -2.35. The van der Waals surface area contributed by atoms with E-state index in [9.17, 15) is 0 Å². The maximum absolute atomic E-state index is 6.20. The second kappa shape index (κ2) is 5.22. The number of aryl methyl sites for hydroxylation is 1. The summed E-state index contributed by atoms with van der Waals surface area (Å²) in [4.78, 5) is 0. The molecular formula is C15H22BrNO. The molecule has 0 aromatic heterocycles. The normalized spacial score (nSPS) is 15.4. The minimum Gasteiger partial charge on any atom is -0.495 e. The Balaban J connectivity index is 2.54. The first-order valence-electron chi connectivity index (χ1n) is 6.58. The number of hydrogen-bond donors (Lipinski definition) is 1. The summed E-state index contributed by atoms with van der Waals surface area (Å²) in [5, 5.41) is 0. The van der Waals surface area contributed by atoms with Crippen molar-refractivity contribution in [1.82, 2.24) is 0 Å². The largest absolute Gasteiger partial charge is 0.495 e. The van der Waals surface area contributed by atoms with Crippen LogP contribution in [0.5, 0.6) is 5.75 Å². The highest BCUT2D eigenvalue weighted by molar-refractivity contribution is 9.10. The van der Waals surface area contributed by atoms with Crippen LogP contribution in [0.25, 0.3) is 0 Å². The van der Waals surface area contributed by atoms with Gasteiger partial charge < -0.3 is 10.5 Å². The molecule has 0 unspecified atom stereocenters. The molecule has 1 aromatic carbocycles. The van der Waals surface area contributed by atoms with Crippen molar-refractivity contribution < 1.29 is 4.74 Å². The van der Waals surface area contributed by atoms with Crippen LogP contribution in [0, 0.1) is 0 Å². The van der Waals surface area contributed by atoms with Crippen molar-refractivity contribution in [2.75, 3.05) is 7.11 Å². The quantitative estimate of drug-likeness (QED) is 0.925. The maximum atomic E-state index is 6.20. The van der Waals surface area contributed by atoms with Gasteiger partial charge in [-0.3, -0.25) is 0 Å². The number of nitrogens with two attached hydrogens (primary N) is 1. The molecule has 2 rings (SSSR count). The molecule has 1 aliphatic carbocycles. The summed E-state index contributed by atoms with van der Waals surface area (Å²) in [7, 11) is 1.74. The molecule has 0 saturated heterocycles. The molecule has 0 saturated carbocycles. The van der Waals surface area contributed by atoms with Crippen LogP contribution >= 0.6 is 15.9 Å². The van der Waals surface area contributed by atoms with E-state index in [4.69, 9.17) is 10.5 Å². The summed E-state index contributed by atoms with van der Waals surface area (Å²) >= 11 is 3.63. The number of fused-ring (bicyclic) bond motifs is 1. The lowest BCUT2D eigenvalue weighted by Gasteiger charge is -2.27. The Bertz CT molecular complexity index is 449. The first-order chi connectivity index (χ1) is 8.42. The molecule has 0 heterocycles. The van der Waals surface area contributed by atoms with E-state index in [1.807, 2.05) is 0 Å². The van der Waals surface area contributed by atoms with Gasteiger partial charge in [-0.05, 0) is 79.1 Å². The highest BCUT2D eigenvalue weighted by Crippen LogP contribution is 2.38. The van der Waals surface area contributed by atoms with Gasteiger partial charge in [-0.1, -0.05) is 0 Å². The number of benzene rings is 1.